The van der Waals surface area contributed by atoms with E-state index in [-0.39, 0.29) is 41.9 Å². The second-order valence-electron chi connectivity index (χ2n) is 7.85. The first kappa shape index (κ1) is 23.6. The first-order valence-electron chi connectivity index (χ1n) is 10.8. The number of aromatic nitrogens is 3. The predicted molar refractivity (Wildman–Crippen MR) is 132 cm³/mol. The molecular formula is C25H23F2N7O. The molecule has 178 valence electrons. The van der Waals surface area contributed by atoms with Gasteiger partial charge in [0.15, 0.2) is 0 Å². The van der Waals surface area contributed by atoms with Crippen molar-refractivity contribution in [1.82, 2.24) is 15.0 Å². The summed E-state index contributed by atoms with van der Waals surface area (Å²) < 4.78 is 26.5. The fourth-order valence-electron chi connectivity index (χ4n) is 3.30. The van der Waals surface area contributed by atoms with Crippen LogP contribution in [-0.4, -0.2) is 27.4 Å². The Hall–Kier alpha value is -4.60. The molecule has 0 saturated carbocycles. The van der Waals surface area contributed by atoms with Gasteiger partial charge in [-0.1, -0.05) is 6.07 Å². The maximum Gasteiger partial charge on any atom is 0.243 e. The summed E-state index contributed by atoms with van der Waals surface area (Å²) in [5.41, 5.74) is 3.90. The number of anilines is 6. The number of carbonyl (C=O) groups excluding carboxylic acids is 1. The molecule has 35 heavy (non-hydrogen) atoms. The molecule has 0 saturated heterocycles. The molecule has 3 aromatic carbocycles. The molecule has 8 nitrogen and oxygen atoms in total. The lowest BCUT2D eigenvalue weighted by molar-refractivity contribution is -0.114. The average molecular weight is 476 g/mol. The zero-order valence-corrected chi connectivity index (χ0v) is 19.1. The van der Waals surface area contributed by atoms with Crippen LogP contribution in [0.3, 0.4) is 0 Å². The molecule has 1 heterocycles. The molecule has 4 N–H and O–H groups in total. The van der Waals surface area contributed by atoms with Gasteiger partial charge in [0, 0.05) is 17.1 Å². The number of carbonyl (C=O) groups is 1. The van der Waals surface area contributed by atoms with Crippen LogP contribution in [0.4, 0.5) is 43.7 Å². The standard InChI is InChI=1S/C25H23F2N7O/c1-15-11-16(2)13-21(12-15)29-22(35)14-28-23-32-24(30-19-7-3-17(26)4-8-19)34-25(33-23)31-20-9-5-18(27)6-10-20/h3-13H,14H2,1-2H3,(H,29,35)(H3,28,30,31,32,33,34). The lowest BCUT2D eigenvalue weighted by Gasteiger charge is -2.12. The maximum absolute atomic E-state index is 13.2. The van der Waals surface area contributed by atoms with E-state index in [4.69, 9.17) is 0 Å². The van der Waals surface area contributed by atoms with Crippen LogP contribution in [0.1, 0.15) is 11.1 Å². The minimum Gasteiger partial charge on any atom is -0.345 e. The molecular weight excluding hydrogens is 452 g/mol. The molecule has 0 aliphatic rings. The smallest absolute Gasteiger partial charge is 0.243 e. The summed E-state index contributed by atoms with van der Waals surface area (Å²) in [5, 5.41) is 11.7. The average Bonchev–Trinajstić information content (AvgIpc) is 2.80. The van der Waals surface area contributed by atoms with Crippen LogP contribution in [0.5, 0.6) is 0 Å². The van der Waals surface area contributed by atoms with E-state index < -0.39 is 0 Å². The van der Waals surface area contributed by atoms with Gasteiger partial charge in [0.05, 0.1) is 6.54 Å². The Morgan fingerprint density at radius 2 is 1.14 bits per heavy atom. The number of rotatable bonds is 8. The highest BCUT2D eigenvalue weighted by atomic mass is 19.1. The molecule has 0 spiro atoms. The highest BCUT2D eigenvalue weighted by molar-refractivity contribution is 5.93. The Morgan fingerprint density at radius 3 is 1.63 bits per heavy atom. The van der Waals surface area contributed by atoms with Crippen molar-refractivity contribution in [2.75, 3.05) is 27.8 Å². The molecule has 1 aromatic heterocycles. The fourth-order valence-corrected chi connectivity index (χ4v) is 3.30. The number of benzene rings is 3. The lowest BCUT2D eigenvalue weighted by Crippen LogP contribution is -2.23. The zero-order chi connectivity index (χ0) is 24.8. The first-order chi connectivity index (χ1) is 16.8. The normalized spacial score (nSPS) is 10.5. The SMILES string of the molecule is Cc1cc(C)cc(NC(=O)CNc2nc(Nc3ccc(F)cc3)nc(Nc3ccc(F)cc3)n2)c1. The minimum atomic E-state index is -0.373. The van der Waals surface area contributed by atoms with E-state index in [9.17, 15) is 13.6 Å². The van der Waals surface area contributed by atoms with Gasteiger partial charge in [-0.3, -0.25) is 4.79 Å². The van der Waals surface area contributed by atoms with Crippen LogP contribution < -0.4 is 21.3 Å². The number of hydrogen-bond donors (Lipinski definition) is 4. The third-order valence-corrected chi connectivity index (χ3v) is 4.75. The van der Waals surface area contributed by atoms with Crippen LogP contribution >= 0.6 is 0 Å². The zero-order valence-electron chi connectivity index (χ0n) is 19.1. The molecule has 1 amide bonds. The van der Waals surface area contributed by atoms with Crippen molar-refractivity contribution in [1.29, 1.82) is 0 Å². The van der Waals surface area contributed by atoms with Crippen molar-refractivity contribution in [3.05, 3.63) is 89.5 Å². The van der Waals surface area contributed by atoms with Gasteiger partial charge in [-0.15, -0.1) is 0 Å². The van der Waals surface area contributed by atoms with Crippen molar-refractivity contribution in [2.45, 2.75) is 13.8 Å². The topological polar surface area (TPSA) is 104 Å². The number of halogens is 2. The number of aryl methyl sites for hydroxylation is 2. The van der Waals surface area contributed by atoms with Crippen LogP contribution in [0.15, 0.2) is 66.7 Å². The van der Waals surface area contributed by atoms with Crippen molar-refractivity contribution < 1.29 is 13.6 Å². The van der Waals surface area contributed by atoms with Gasteiger partial charge in [0.1, 0.15) is 11.6 Å². The van der Waals surface area contributed by atoms with E-state index in [1.165, 1.54) is 48.5 Å². The molecule has 4 rings (SSSR count). The summed E-state index contributed by atoms with van der Waals surface area (Å²) >= 11 is 0. The van der Waals surface area contributed by atoms with Crippen LogP contribution in [0.2, 0.25) is 0 Å². The van der Waals surface area contributed by atoms with Crippen molar-refractivity contribution in [2.24, 2.45) is 0 Å². The summed E-state index contributed by atoms with van der Waals surface area (Å²) in [4.78, 5) is 25.4. The largest absolute Gasteiger partial charge is 0.345 e. The van der Waals surface area contributed by atoms with Crippen LogP contribution in [0, 0.1) is 25.5 Å². The number of hydrogen-bond acceptors (Lipinski definition) is 7. The molecule has 4 aromatic rings. The Morgan fingerprint density at radius 1 is 0.686 bits per heavy atom. The van der Waals surface area contributed by atoms with E-state index in [2.05, 4.69) is 36.2 Å². The molecule has 0 bridgehead atoms. The Labute approximate surface area is 200 Å². The molecule has 0 atom stereocenters. The lowest BCUT2D eigenvalue weighted by atomic mass is 10.1. The summed E-state index contributed by atoms with van der Waals surface area (Å²) in [6.07, 6.45) is 0. The molecule has 0 fully saturated rings. The monoisotopic (exact) mass is 475 g/mol. The highest BCUT2D eigenvalue weighted by Crippen LogP contribution is 2.19. The Bertz CT molecular complexity index is 1240. The Balaban J connectivity index is 1.51. The molecule has 0 aliphatic carbocycles. The van der Waals surface area contributed by atoms with Crippen LogP contribution in [0.25, 0.3) is 0 Å². The Kier molecular flexibility index (Phi) is 7.10. The molecule has 0 aliphatic heterocycles. The second kappa shape index (κ2) is 10.6. The summed E-state index contributed by atoms with van der Waals surface area (Å²) in [6, 6.07) is 17.1. The van der Waals surface area contributed by atoms with E-state index in [0.29, 0.717) is 17.1 Å². The molecule has 0 unspecified atom stereocenters. The van der Waals surface area contributed by atoms with Gasteiger partial charge in [-0.2, -0.15) is 15.0 Å². The second-order valence-corrected chi connectivity index (χ2v) is 7.85. The predicted octanol–water partition coefficient (Wildman–Crippen LogP) is 5.30. The fraction of sp³-hybridized carbons (Fsp3) is 0.120. The van der Waals surface area contributed by atoms with Gasteiger partial charge in [0.2, 0.25) is 23.8 Å². The minimum absolute atomic E-state index is 0.0943. The summed E-state index contributed by atoms with van der Waals surface area (Å²) in [5.74, 6) is -0.577. The van der Waals surface area contributed by atoms with Gasteiger partial charge in [-0.25, -0.2) is 8.78 Å². The third kappa shape index (κ3) is 6.94. The van der Waals surface area contributed by atoms with Gasteiger partial charge in [0.25, 0.3) is 0 Å². The van der Waals surface area contributed by atoms with Gasteiger partial charge >= 0.3 is 0 Å². The van der Waals surface area contributed by atoms with Crippen molar-refractivity contribution in [3.8, 4) is 0 Å². The molecule has 0 radical (unpaired) electrons. The van der Waals surface area contributed by atoms with Crippen LogP contribution in [-0.2, 0) is 4.79 Å². The van der Waals surface area contributed by atoms with Crippen molar-refractivity contribution in [3.63, 3.8) is 0 Å². The quantitative estimate of drug-likeness (QED) is 0.274. The maximum atomic E-state index is 13.2. The third-order valence-electron chi connectivity index (χ3n) is 4.75. The number of amides is 1. The molecule has 10 heteroatoms. The van der Waals surface area contributed by atoms with E-state index in [1.54, 1.807) is 0 Å². The van der Waals surface area contributed by atoms with Gasteiger partial charge in [-0.05, 0) is 85.6 Å². The van der Waals surface area contributed by atoms with Gasteiger partial charge < -0.3 is 21.3 Å². The van der Waals surface area contributed by atoms with Crippen molar-refractivity contribution >= 4 is 40.8 Å². The number of nitrogens with one attached hydrogen (secondary N) is 4. The van der Waals surface area contributed by atoms with E-state index in [1.807, 2.05) is 32.0 Å². The first-order valence-corrected chi connectivity index (χ1v) is 10.8. The van der Waals surface area contributed by atoms with E-state index >= 15 is 0 Å². The highest BCUT2D eigenvalue weighted by Gasteiger charge is 2.10. The summed E-state index contributed by atoms with van der Waals surface area (Å²) in [7, 11) is 0. The number of nitrogens with zero attached hydrogens (tertiary/aromatic N) is 3. The summed E-state index contributed by atoms with van der Waals surface area (Å²) in [6.45, 7) is 3.82. The van der Waals surface area contributed by atoms with E-state index in [0.717, 1.165) is 11.1 Å².